The van der Waals surface area contributed by atoms with Gasteiger partial charge in [-0.2, -0.15) is 0 Å². The second-order valence-corrected chi connectivity index (χ2v) is 5.35. The predicted octanol–water partition coefficient (Wildman–Crippen LogP) is 0.546. The molecule has 5 heteroatoms. The second-order valence-electron chi connectivity index (χ2n) is 5.35. The minimum Gasteiger partial charge on any atom is -0.340 e. The lowest BCUT2D eigenvalue weighted by atomic mass is 10.0. The molecule has 2 amide bonds. The van der Waals surface area contributed by atoms with E-state index in [2.05, 4.69) is 10.6 Å². The topological polar surface area (TPSA) is 61.4 Å². The molecule has 3 rings (SSSR count). The van der Waals surface area contributed by atoms with Crippen LogP contribution in [0.5, 0.6) is 0 Å². The number of hydrogen-bond acceptors (Lipinski definition) is 3. The largest absolute Gasteiger partial charge is 0.340 e. The molecule has 0 unspecified atom stereocenters. The summed E-state index contributed by atoms with van der Waals surface area (Å²) in [4.78, 5) is 25.3. The second kappa shape index (κ2) is 5.63. The van der Waals surface area contributed by atoms with Gasteiger partial charge in [0, 0.05) is 38.3 Å². The van der Waals surface area contributed by atoms with Crippen LogP contribution in [0.4, 0.5) is 5.69 Å². The van der Waals surface area contributed by atoms with E-state index in [0.717, 1.165) is 49.4 Å². The van der Waals surface area contributed by atoms with Crippen LogP contribution in [0.1, 0.15) is 17.5 Å². The third-order valence-electron chi connectivity index (χ3n) is 3.89. The van der Waals surface area contributed by atoms with E-state index >= 15 is 0 Å². The number of piperazine rings is 1. The monoisotopic (exact) mass is 273 g/mol. The Balaban J connectivity index is 1.57. The Kier molecular flexibility index (Phi) is 3.69. The Morgan fingerprint density at radius 1 is 1.25 bits per heavy atom. The Morgan fingerprint density at radius 2 is 2.05 bits per heavy atom. The van der Waals surface area contributed by atoms with E-state index in [-0.39, 0.29) is 11.8 Å². The number of aryl methyl sites for hydroxylation is 1. The van der Waals surface area contributed by atoms with Crippen LogP contribution in [0.25, 0.3) is 0 Å². The molecule has 2 heterocycles. The van der Waals surface area contributed by atoms with Crippen molar-refractivity contribution in [1.29, 1.82) is 0 Å². The van der Waals surface area contributed by atoms with Gasteiger partial charge in [-0.25, -0.2) is 0 Å². The molecule has 1 saturated heterocycles. The lowest BCUT2D eigenvalue weighted by Gasteiger charge is -2.27. The minimum absolute atomic E-state index is 0.0500. The van der Waals surface area contributed by atoms with E-state index in [1.165, 1.54) is 0 Å². The normalized spacial score (nSPS) is 17.8. The highest BCUT2D eigenvalue weighted by atomic mass is 16.2. The number of nitrogens with zero attached hydrogens (tertiary/aromatic N) is 1. The van der Waals surface area contributed by atoms with Crippen LogP contribution in [0.2, 0.25) is 0 Å². The van der Waals surface area contributed by atoms with E-state index in [9.17, 15) is 9.59 Å². The maximum absolute atomic E-state index is 12.1. The third kappa shape index (κ3) is 2.82. The first-order valence-corrected chi connectivity index (χ1v) is 7.12. The molecule has 2 aliphatic heterocycles. The molecule has 2 N–H and O–H groups in total. The zero-order valence-corrected chi connectivity index (χ0v) is 11.4. The zero-order chi connectivity index (χ0) is 13.9. The molecule has 20 heavy (non-hydrogen) atoms. The number of hydrogen-bond donors (Lipinski definition) is 2. The van der Waals surface area contributed by atoms with Crippen molar-refractivity contribution in [3.05, 3.63) is 29.3 Å². The highest BCUT2D eigenvalue weighted by Crippen LogP contribution is 2.24. The van der Waals surface area contributed by atoms with Crippen molar-refractivity contribution in [2.24, 2.45) is 0 Å². The van der Waals surface area contributed by atoms with E-state index in [0.29, 0.717) is 12.8 Å². The van der Waals surface area contributed by atoms with Crippen LogP contribution in [-0.2, 0) is 22.4 Å². The van der Waals surface area contributed by atoms with E-state index in [1.54, 1.807) is 0 Å². The molecule has 0 aliphatic carbocycles. The average molecular weight is 273 g/mol. The SMILES string of the molecule is O=C1Cc2cc(CCC(=O)N3CCNCC3)ccc2N1. The summed E-state index contributed by atoms with van der Waals surface area (Å²) in [6.45, 7) is 3.39. The Morgan fingerprint density at radius 3 is 2.85 bits per heavy atom. The van der Waals surface area contributed by atoms with Gasteiger partial charge in [0.1, 0.15) is 0 Å². The number of rotatable bonds is 3. The van der Waals surface area contributed by atoms with Gasteiger partial charge in [-0.1, -0.05) is 12.1 Å². The number of carbonyl (C=O) groups excluding carboxylic acids is 2. The number of nitrogens with one attached hydrogen (secondary N) is 2. The van der Waals surface area contributed by atoms with Crippen LogP contribution in [0, 0.1) is 0 Å². The molecule has 0 spiro atoms. The fraction of sp³-hybridized carbons (Fsp3) is 0.467. The van der Waals surface area contributed by atoms with E-state index in [1.807, 2.05) is 23.1 Å². The molecule has 0 bridgehead atoms. The van der Waals surface area contributed by atoms with Gasteiger partial charge < -0.3 is 15.5 Å². The van der Waals surface area contributed by atoms with Crippen molar-refractivity contribution < 1.29 is 9.59 Å². The molecule has 0 radical (unpaired) electrons. The average Bonchev–Trinajstić information content (AvgIpc) is 2.85. The summed E-state index contributed by atoms with van der Waals surface area (Å²) in [6.07, 6.45) is 1.74. The molecule has 1 aromatic rings. The highest BCUT2D eigenvalue weighted by Gasteiger charge is 2.19. The van der Waals surface area contributed by atoms with Gasteiger partial charge in [0.05, 0.1) is 6.42 Å². The molecule has 0 aromatic heterocycles. The number of amides is 2. The lowest BCUT2D eigenvalue weighted by Crippen LogP contribution is -2.46. The summed E-state index contributed by atoms with van der Waals surface area (Å²) < 4.78 is 0. The fourth-order valence-corrected chi connectivity index (χ4v) is 2.76. The predicted molar refractivity (Wildman–Crippen MR) is 76.5 cm³/mol. The molecule has 5 nitrogen and oxygen atoms in total. The Bertz CT molecular complexity index is 536. The molecule has 0 atom stereocenters. The van der Waals surface area contributed by atoms with E-state index in [4.69, 9.17) is 0 Å². The highest BCUT2D eigenvalue weighted by molar-refractivity contribution is 5.99. The Hall–Kier alpha value is -1.88. The van der Waals surface area contributed by atoms with Crippen molar-refractivity contribution in [2.75, 3.05) is 31.5 Å². The molecule has 106 valence electrons. The van der Waals surface area contributed by atoms with Crippen LogP contribution in [-0.4, -0.2) is 42.9 Å². The van der Waals surface area contributed by atoms with Crippen molar-refractivity contribution >= 4 is 17.5 Å². The number of anilines is 1. The third-order valence-corrected chi connectivity index (χ3v) is 3.89. The molecular formula is C15H19N3O2. The molecule has 0 saturated carbocycles. The first-order chi connectivity index (χ1) is 9.72. The summed E-state index contributed by atoms with van der Waals surface area (Å²) >= 11 is 0. The van der Waals surface area contributed by atoms with Gasteiger partial charge in [0.15, 0.2) is 0 Å². The zero-order valence-electron chi connectivity index (χ0n) is 11.4. The van der Waals surface area contributed by atoms with Crippen molar-refractivity contribution in [3.63, 3.8) is 0 Å². The lowest BCUT2D eigenvalue weighted by molar-refractivity contribution is -0.131. The van der Waals surface area contributed by atoms with Crippen LogP contribution >= 0.6 is 0 Å². The van der Waals surface area contributed by atoms with Gasteiger partial charge in [0.2, 0.25) is 11.8 Å². The van der Waals surface area contributed by atoms with Crippen LogP contribution < -0.4 is 10.6 Å². The van der Waals surface area contributed by atoms with Gasteiger partial charge in [-0.3, -0.25) is 9.59 Å². The smallest absolute Gasteiger partial charge is 0.228 e. The van der Waals surface area contributed by atoms with Crippen molar-refractivity contribution in [3.8, 4) is 0 Å². The minimum atomic E-state index is 0.0500. The fourth-order valence-electron chi connectivity index (χ4n) is 2.76. The Labute approximate surface area is 118 Å². The van der Waals surface area contributed by atoms with Gasteiger partial charge >= 0.3 is 0 Å². The van der Waals surface area contributed by atoms with Crippen LogP contribution in [0.3, 0.4) is 0 Å². The molecule has 1 aromatic carbocycles. The van der Waals surface area contributed by atoms with Gasteiger partial charge in [-0.05, 0) is 23.6 Å². The summed E-state index contributed by atoms with van der Waals surface area (Å²) in [6, 6.07) is 5.97. The summed E-state index contributed by atoms with van der Waals surface area (Å²) in [7, 11) is 0. The van der Waals surface area contributed by atoms with Crippen molar-refractivity contribution in [1.82, 2.24) is 10.2 Å². The maximum atomic E-state index is 12.1. The van der Waals surface area contributed by atoms with Gasteiger partial charge in [-0.15, -0.1) is 0 Å². The first kappa shape index (κ1) is 13.1. The van der Waals surface area contributed by atoms with Gasteiger partial charge in [0.25, 0.3) is 0 Å². The van der Waals surface area contributed by atoms with Crippen LogP contribution in [0.15, 0.2) is 18.2 Å². The summed E-state index contributed by atoms with van der Waals surface area (Å²) in [5.41, 5.74) is 3.08. The van der Waals surface area contributed by atoms with Crippen molar-refractivity contribution in [2.45, 2.75) is 19.3 Å². The molecule has 2 aliphatic rings. The number of carbonyl (C=O) groups is 2. The number of fused-ring (bicyclic) bond motifs is 1. The summed E-state index contributed by atoms with van der Waals surface area (Å²) in [5, 5.41) is 6.06. The standard InChI is InChI=1S/C15H19N3O2/c19-14-10-12-9-11(1-3-13(12)17-14)2-4-15(20)18-7-5-16-6-8-18/h1,3,9,16H,2,4-8,10H2,(H,17,19). The van der Waals surface area contributed by atoms with E-state index < -0.39 is 0 Å². The number of benzene rings is 1. The molecular weight excluding hydrogens is 254 g/mol. The summed E-state index contributed by atoms with van der Waals surface area (Å²) in [5.74, 6) is 0.273. The maximum Gasteiger partial charge on any atom is 0.228 e. The first-order valence-electron chi connectivity index (χ1n) is 7.12. The quantitative estimate of drug-likeness (QED) is 0.845. The molecule has 1 fully saturated rings.